The summed E-state index contributed by atoms with van der Waals surface area (Å²) in [6, 6.07) is 11.6. The molecule has 0 saturated carbocycles. The van der Waals surface area contributed by atoms with Crippen LogP contribution in [0, 0.1) is 0 Å². The average Bonchev–Trinajstić information content (AvgIpc) is 3.51. The van der Waals surface area contributed by atoms with Gasteiger partial charge in [-0.05, 0) is 17.7 Å². The van der Waals surface area contributed by atoms with Crippen molar-refractivity contribution >= 4 is 11.6 Å². The fourth-order valence-corrected chi connectivity index (χ4v) is 4.54. The van der Waals surface area contributed by atoms with Crippen LogP contribution in [0.5, 0.6) is 17.2 Å². The maximum Gasteiger partial charge on any atom is 0.246 e. The number of aromatic nitrogens is 1. The normalized spacial score (nSPS) is 20.8. The third-order valence-corrected chi connectivity index (χ3v) is 6.02. The largest absolute Gasteiger partial charge is 0.491 e. The van der Waals surface area contributed by atoms with E-state index in [1.165, 1.54) is 0 Å². The Morgan fingerprint density at radius 3 is 2.67 bits per heavy atom. The van der Waals surface area contributed by atoms with Crippen molar-refractivity contribution in [2.24, 2.45) is 0 Å². The van der Waals surface area contributed by atoms with Crippen molar-refractivity contribution in [3.05, 3.63) is 65.4 Å². The molecule has 6 rings (SSSR count). The highest BCUT2D eigenvalue weighted by atomic mass is 16.7. The van der Waals surface area contributed by atoms with Crippen LogP contribution in [0.3, 0.4) is 0 Å². The quantitative estimate of drug-likeness (QED) is 0.662. The predicted molar refractivity (Wildman–Crippen MR) is 107 cm³/mol. The second kappa shape index (κ2) is 6.01. The van der Waals surface area contributed by atoms with E-state index < -0.39 is 5.41 Å². The molecule has 1 atom stereocenters. The third kappa shape index (κ3) is 2.20. The Balaban J connectivity index is 1.46. The number of hydrogen-bond acceptors (Lipinski definition) is 6. The predicted octanol–water partition coefficient (Wildman–Crippen LogP) is 3.75. The van der Waals surface area contributed by atoms with Gasteiger partial charge in [0, 0.05) is 23.2 Å². The van der Waals surface area contributed by atoms with Gasteiger partial charge in [0.25, 0.3) is 0 Å². The number of carbonyl (C=O) groups excluding carboxylic acids is 1. The number of amides is 1. The van der Waals surface area contributed by atoms with Crippen LogP contribution in [0.25, 0.3) is 0 Å². The first-order chi connectivity index (χ1) is 14.6. The molecule has 1 spiro atoms. The zero-order chi connectivity index (χ0) is 20.5. The molecule has 7 nitrogen and oxygen atoms in total. The number of anilines is 1. The van der Waals surface area contributed by atoms with Gasteiger partial charge in [0.05, 0.1) is 12.7 Å². The van der Waals surface area contributed by atoms with Gasteiger partial charge < -0.3 is 23.5 Å². The summed E-state index contributed by atoms with van der Waals surface area (Å²) in [6.07, 6.45) is 1.70. The molecule has 3 aliphatic rings. The molecule has 3 aromatic rings. The number of ether oxygens (including phenoxy) is 3. The minimum absolute atomic E-state index is 0.0381. The van der Waals surface area contributed by atoms with Crippen molar-refractivity contribution in [1.29, 1.82) is 0 Å². The lowest BCUT2D eigenvalue weighted by atomic mass is 9.77. The van der Waals surface area contributed by atoms with Crippen LogP contribution in [0.15, 0.2) is 47.0 Å². The Morgan fingerprint density at radius 1 is 1.07 bits per heavy atom. The van der Waals surface area contributed by atoms with Crippen LogP contribution in [0.4, 0.5) is 5.69 Å². The molecule has 0 N–H and O–H groups in total. The molecule has 1 amide bonds. The Bertz CT molecular complexity index is 1180. The Hall–Kier alpha value is -3.48. The van der Waals surface area contributed by atoms with Gasteiger partial charge in [0.1, 0.15) is 23.5 Å². The SMILES string of the molecule is CC(C)c1ncc(CN2C(=O)C3(COc4cc5c(cc43)OCO5)c3ccccc32)o1. The molecule has 3 aliphatic heterocycles. The maximum atomic E-state index is 13.9. The molecule has 0 fully saturated rings. The van der Waals surface area contributed by atoms with E-state index in [1.807, 2.05) is 50.2 Å². The molecule has 0 bridgehead atoms. The number of oxazole rings is 1. The van der Waals surface area contributed by atoms with Crippen molar-refractivity contribution in [1.82, 2.24) is 4.98 Å². The first-order valence-corrected chi connectivity index (χ1v) is 10.0. The smallest absolute Gasteiger partial charge is 0.246 e. The Morgan fingerprint density at radius 2 is 1.87 bits per heavy atom. The zero-order valence-corrected chi connectivity index (χ0v) is 16.7. The topological polar surface area (TPSA) is 74.0 Å². The highest BCUT2D eigenvalue weighted by molar-refractivity contribution is 6.11. The van der Waals surface area contributed by atoms with Crippen LogP contribution in [0.2, 0.25) is 0 Å². The fraction of sp³-hybridized carbons (Fsp3) is 0.304. The van der Waals surface area contributed by atoms with E-state index >= 15 is 0 Å². The summed E-state index contributed by atoms with van der Waals surface area (Å²) in [7, 11) is 0. The van der Waals surface area contributed by atoms with E-state index in [0.717, 1.165) is 16.8 Å². The van der Waals surface area contributed by atoms with Gasteiger partial charge in [-0.25, -0.2) is 4.98 Å². The monoisotopic (exact) mass is 404 g/mol. The van der Waals surface area contributed by atoms with Gasteiger partial charge in [-0.1, -0.05) is 32.0 Å². The minimum atomic E-state index is -0.909. The lowest BCUT2D eigenvalue weighted by Gasteiger charge is -2.22. The van der Waals surface area contributed by atoms with Crippen LogP contribution in [-0.4, -0.2) is 24.3 Å². The third-order valence-electron chi connectivity index (χ3n) is 6.02. The summed E-state index contributed by atoms with van der Waals surface area (Å²) in [5, 5.41) is 0. The van der Waals surface area contributed by atoms with E-state index in [-0.39, 0.29) is 25.2 Å². The minimum Gasteiger partial charge on any atom is -0.491 e. The average molecular weight is 404 g/mol. The van der Waals surface area contributed by atoms with E-state index in [0.29, 0.717) is 35.4 Å². The lowest BCUT2D eigenvalue weighted by Crippen LogP contribution is -2.42. The van der Waals surface area contributed by atoms with Gasteiger partial charge in [-0.3, -0.25) is 4.79 Å². The number of benzene rings is 2. The van der Waals surface area contributed by atoms with E-state index in [1.54, 1.807) is 11.1 Å². The molecule has 4 heterocycles. The molecule has 2 aromatic carbocycles. The summed E-state index contributed by atoms with van der Waals surface area (Å²) >= 11 is 0. The molecule has 0 radical (unpaired) electrons. The van der Waals surface area contributed by atoms with Crippen LogP contribution in [-0.2, 0) is 16.8 Å². The molecule has 30 heavy (non-hydrogen) atoms. The summed E-state index contributed by atoms with van der Waals surface area (Å²) in [5.41, 5.74) is 1.69. The van der Waals surface area contributed by atoms with Crippen LogP contribution in [0.1, 0.15) is 42.5 Å². The Kier molecular flexibility index (Phi) is 3.48. The van der Waals surface area contributed by atoms with Gasteiger partial charge in [0.15, 0.2) is 17.4 Å². The van der Waals surface area contributed by atoms with E-state index in [9.17, 15) is 4.79 Å². The van der Waals surface area contributed by atoms with Gasteiger partial charge in [-0.2, -0.15) is 0 Å². The first kappa shape index (κ1) is 17.4. The van der Waals surface area contributed by atoms with Crippen molar-refractivity contribution in [2.45, 2.75) is 31.7 Å². The molecule has 0 aliphatic carbocycles. The summed E-state index contributed by atoms with van der Waals surface area (Å²) in [6.45, 7) is 4.78. The summed E-state index contributed by atoms with van der Waals surface area (Å²) in [5.74, 6) is 3.41. The standard InChI is InChI=1S/C23H20N2O5/c1-13(2)21-24-9-14(30-21)10-25-17-6-4-3-5-15(17)23(22(25)26)11-27-18-8-20-19(7-16(18)23)28-12-29-20/h3-9,13H,10-12H2,1-2H3. The molecular weight excluding hydrogens is 384 g/mol. The molecule has 1 aromatic heterocycles. The fourth-order valence-electron chi connectivity index (χ4n) is 4.54. The van der Waals surface area contributed by atoms with E-state index in [4.69, 9.17) is 18.6 Å². The van der Waals surface area contributed by atoms with Gasteiger partial charge in [-0.15, -0.1) is 0 Å². The number of carbonyl (C=O) groups is 1. The molecule has 7 heteroatoms. The number of rotatable bonds is 3. The Labute approximate surface area is 173 Å². The number of para-hydroxylation sites is 1. The lowest BCUT2D eigenvalue weighted by molar-refractivity contribution is -0.122. The highest BCUT2D eigenvalue weighted by Gasteiger charge is 2.57. The highest BCUT2D eigenvalue weighted by Crippen LogP contribution is 2.55. The summed E-state index contributed by atoms with van der Waals surface area (Å²) < 4.78 is 22.9. The van der Waals surface area contributed by atoms with Crippen LogP contribution >= 0.6 is 0 Å². The van der Waals surface area contributed by atoms with Gasteiger partial charge >= 0.3 is 0 Å². The first-order valence-electron chi connectivity index (χ1n) is 10.0. The molecule has 0 saturated heterocycles. The maximum absolute atomic E-state index is 13.9. The van der Waals surface area contributed by atoms with Gasteiger partial charge in [0.2, 0.25) is 12.7 Å². The molecule has 152 valence electrons. The number of nitrogens with zero attached hydrogens (tertiary/aromatic N) is 2. The zero-order valence-electron chi connectivity index (χ0n) is 16.7. The van der Waals surface area contributed by atoms with Crippen LogP contribution < -0.4 is 19.1 Å². The molecule has 1 unspecified atom stereocenters. The van der Waals surface area contributed by atoms with Crippen molar-refractivity contribution in [2.75, 3.05) is 18.3 Å². The number of hydrogen-bond donors (Lipinski definition) is 0. The second-order valence-corrected chi connectivity index (χ2v) is 8.12. The van der Waals surface area contributed by atoms with Crippen molar-refractivity contribution < 1.29 is 23.4 Å². The second-order valence-electron chi connectivity index (χ2n) is 8.12. The van der Waals surface area contributed by atoms with Crippen molar-refractivity contribution in [3.8, 4) is 17.2 Å². The number of fused-ring (bicyclic) bond motifs is 5. The summed E-state index contributed by atoms with van der Waals surface area (Å²) in [4.78, 5) is 20.0. The molecular formula is C23H20N2O5. The van der Waals surface area contributed by atoms with E-state index in [2.05, 4.69) is 4.98 Å². The van der Waals surface area contributed by atoms with Crippen molar-refractivity contribution in [3.63, 3.8) is 0 Å².